The van der Waals surface area contributed by atoms with Crippen LogP contribution in [0.25, 0.3) is 0 Å². The van der Waals surface area contributed by atoms with Gasteiger partial charge in [0.05, 0.1) is 19.1 Å². The molecule has 0 amide bonds. The lowest BCUT2D eigenvalue weighted by atomic mass is 9.80. The average Bonchev–Trinajstić information content (AvgIpc) is 3.29. The first-order chi connectivity index (χ1) is 9.62. The van der Waals surface area contributed by atoms with Crippen molar-refractivity contribution in [3.8, 4) is 11.5 Å². The first-order valence-electron chi connectivity index (χ1n) is 6.82. The van der Waals surface area contributed by atoms with E-state index in [0.29, 0.717) is 18.8 Å². The van der Waals surface area contributed by atoms with E-state index in [2.05, 4.69) is 0 Å². The molecular weight excluding hydrogens is 258 g/mol. The highest BCUT2D eigenvalue weighted by atomic mass is 16.5. The summed E-state index contributed by atoms with van der Waals surface area (Å²) in [4.78, 5) is 11.5. The Morgan fingerprint density at radius 3 is 2.40 bits per heavy atom. The molecular formula is C15H21NO4. The van der Waals surface area contributed by atoms with Gasteiger partial charge in [-0.1, -0.05) is 0 Å². The second kappa shape index (κ2) is 6.13. The highest BCUT2D eigenvalue weighted by molar-refractivity contribution is 5.76. The topological polar surface area (TPSA) is 81.8 Å². The van der Waals surface area contributed by atoms with E-state index in [1.165, 1.54) is 0 Å². The number of carboxylic acid groups (broad SMARTS) is 1. The molecule has 110 valence electrons. The van der Waals surface area contributed by atoms with Crippen LogP contribution in [0.2, 0.25) is 0 Å². The lowest BCUT2D eigenvalue weighted by Gasteiger charge is -2.27. The zero-order valence-corrected chi connectivity index (χ0v) is 11.7. The van der Waals surface area contributed by atoms with Crippen LogP contribution in [0.5, 0.6) is 11.5 Å². The number of methoxy groups -OCH3 is 1. The van der Waals surface area contributed by atoms with Gasteiger partial charge >= 0.3 is 5.97 Å². The van der Waals surface area contributed by atoms with Crippen LogP contribution in [-0.2, 0) is 4.79 Å². The summed E-state index contributed by atoms with van der Waals surface area (Å²) in [6, 6.07) is 7.23. The van der Waals surface area contributed by atoms with E-state index in [1.807, 2.05) is 12.1 Å². The summed E-state index contributed by atoms with van der Waals surface area (Å²) in [7, 11) is 1.61. The van der Waals surface area contributed by atoms with Crippen LogP contribution in [0.15, 0.2) is 24.3 Å². The summed E-state index contributed by atoms with van der Waals surface area (Å²) >= 11 is 0. The monoisotopic (exact) mass is 279 g/mol. The second-order valence-electron chi connectivity index (χ2n) is 5.21. The van der Waals surface area contributed by atoms with Crippen LogP contribution >= 0.6 is 0 Å². The largest absolute Gasteiger partial charge is 0.497 e. The lowest BCUT2D eigenvalue weighted by molar-refractivity contribution is -0.150. The maximum Gasteiger partial charge on any atom is 0.311 e. The Labute approximate surface area is 118 Å². The van der Waals surface area contributed by atoms with E-state index in [4.69, 9.17) is 15.2 Å². The Morgan fingerprint density at radius 2 is 1.95 bits per heavy atom. The Morgan fingerprint density at radius 1 is 1.35 bits per heavy atom. The molecule has 1 atom stereocenters. The van der Waals surface area contributed by atoms with E-state index < -0.39 is 11.4 Å². The molecule has 0 radical (unpaired) electrons. The molecule has 0 aromatic heterocycles. The van der Waals surface area contributed by atoms with Crippen molar-refractivity contribution in [3.05, 3.63) is 24.3 Å². The fraction of sp³-hybridized carbons (Fsp3) is 0.533. The predicted octanol–water partition coefficient (Wildman–Crippen LogP) is 1.90. The minimum Gasteiger partial charge on any atom is -0.497 e. The highest BCUT2D eigenvalue weighted by Crippen LogP contribution is 2.47. The van der Waals surface area contributed by atoms with E-state index in [-0.39, 0.29) is 12.5 Å². The first-order valence-corrected chi connectivity index (χ1v) is 6.82. The zero-order chi connectivity index (χ0) is 14.6. The predicted molar refractivity (Wildman–Crippen MR) is 75.0 cm³/mol. The number of benzene rings is 1. The van der Waals surface area contributed by atoms with Crippen LogP contribution in [0.1, 0.15) is 19.3 Å². The van der Waals surface area contributed by atoms with Crippen LogP contribution in [0.3, 0.4) is 0 Å². The number of aliphatic carboxylic acids is 1. The van der Waals surface area contributed by atoms with Crippen molar-refractivity contribution >= 4 is 5.97 Å². The van der Waals surface area contributed by atoms with Gasteiger partial charge in [-0.25, -0.2) is 0 Å². The van der Waals surface area contributed by atoms with Gasteiger partial charge in [-0.05, 0) is 49.4 Å². The first kappa shape index (κ1) is 14.7. The summed E-state index contributed by atoms with van der Waals surface area (Å²) in [6.45, 7) is 0.519. The van der Waals surface area contributed by atoms with Gasteiger partial charge in [0.2, 0.25) is 0 Å². The molecule has 0 aliphatic heterocycles. The van der Waals surface area contributed by atoms with Crippen molar-refractivity contribution in [1.29, 1.82) is 0 Å². The van der Waals surface area contributed by atoms with Gasteiger partial charge in [0.25, 0.3) is 0 Å². The number of nitrogens with two attached hydrogens (primary N) is 1. The SMILES string of the molecule is COc1ccc(OCCC(CN)(C(=O)O)C2CC2)cc1. The average molecular weight is 279 g/mol. The molecule has 5 nitrogen and oxygen atoms in total. The molecule has 0 bridgehead atoms. The van der Waals surface area contributed by atoms with Crippen LogP contribution in [0, 0.1) is 11.3 Å². The highest BCUT2D eigenvalue weighted by Gasteiger charge is 2.49. The summed E-state index contributed by atoms with van der Waals surface area (Å²) in [5.74, 6) is 0.861. The van der Waals surface area contributed by atoms with E-state index in [0.717, 1.165) is 18.6 Å². The maximum atomic E-state index is 11.5. The molecule has 5 heteroatoms. The van der Waals surface area contributed by atoms with Crippen LogP contribution in [0.4, 0.5) is 0 Å². The fourth-order valence-corrected chi connectivity index (χ4v) is 2.50. The molecule has 3 N–H and O–H groups in total. The van der Waals surface area contributed by atoms with Gasteiger partial charge in [0.15, 0.2) is 0 Å². The fourth-order valence-electron chi connectivity index (χ4n) is 2.50. The summed E-state index contributed by atoms with van der Waals surface area (Å²) in [5.41, 5.74) is 4.89. The van der Waals surface area contributed by atoms with Crippen molar-refractivity contribution < 1.29 is 19.4 Å². The molecule has 1 aliphatic carbocycles. The molecule has 0 spiro atoms. The standard InChI is InChI=1S/C15H21NO4/c1-19-12-4-6-13(7-5-12)20-9-8-15(10-16,14(17)18)11-2-3-11/h4-7,11H,2-3,8-10,16H2,1H3,(H,17,18). The van der Waals surface area contributed by atoms with Gasteiger partial charge in [0.1, 0.15) is 11.5 Å². The van der Waals surface area contributed by atoms with Gasteiger partial charge in [-0.15, -0.1) is 0 Å². The van der Waals surface area contributed by atoms with Crippen molar-refractivity contribution in [2.75, 3.05) is 20.3 Å². The molecule has 1 aromatic carbocycles. The molecule has 1 aromatic rings. The number of carbonyl (C=O) groups is 1. The van der Waals surface area contributed by atoms with Gasteiger partial charge in [-0.2, -0.15) is 0 Å². The lowest BCUT2D eigenvalue weighted by Crippen LogP contribution is -2.42. The molecule has 1 saturated carbocycles. The Bertz CT molecular complexity index is 455. The molecule has 0 saturated heterocycles. The molecule has 1 unspecified atom stereocenters. The van der Waals surface area contributed by atoms with E-state index in [1.54, 1.807) is 19.2 Å². The normalized spacial score (nSPS) is 17.3. The number of carboxylic acids is 1. The smallest absolute Gasteiger partial charge is 0.311 e. The summed E-state index contributed by atoms with van der Waals surface area (Å²) in [6.07, 6.45) is 2.34. The third-order valence-corrected chi connectivity index (χ3v) is 4.03. The van der Waals surface area contributed by atoms with Crippen molar-refractivity contribution in [2.45, 2.75) is 19.3 Å². The zero-order valence-electron chi connectivity index (χ0n) is 11.7. The third kappa shape index (κ3) is 3.04. The van der Waals surface area contributed by atoms with Crippen molar-refractivity contribution in [2.24, 2.45) is 17.1 Å². The van der Waals surface area contributed by atoms with Crippen molar-refractivity contribution in [1.82, 2.24) is 0 Å². The van der Waals surface area contributed by atoms with Crippen molar-refractivity contribution in [3.63, 3.8) is 0 Å². The van der Waals surface area contributed by atoms with Gasteiger partial charge < -0.3 is 20.3 Å². The number of ether oxygens (including phenoxy) is 2. The molecule has 1 fully saturated rings. The number of hydrogen-bond donors (Lipinski definition) is 2. The molecule has 2 rings (SSSR count). The van der Waals surface area contributed by atoms with Gasteiger partial charge in [0, 0.05) is 6.54 Å². The van der Waals surface area contributed by atoms with Gasteiger partial charge in [-0.3, -0.25) is 4.79 Å². The minimum absolute atomic E-state index is 0.166. The number of rotatable bonds is 8. The minimum atomic E-state index is -0.827. The maximum absolute atomic E-state index is 11.5. The third-order valence-electron chi connectivity index (χ3n) is 4.03. The Kier molecular flexibility index (Phi) is 4.49. The summed E-state index contributed by atoms with van der Waals surface area (Å²) < 4.78 is 10.7. The van der Waals surface area contributed by atoms with Crippen LogP contribution < -0.4 is 15.2 Å². The second-order valence-corrected chi connectivity index (χ2v) is 5.21. The van der Waals surface area contributed by atoms with E-state index in [9.17, 15) is 9.90 Å². The summed E-state index contributed by atoms with van der Waals surface area (Å²) in [5, 5.41) is 9.45. The Hall–Kier alpha value is -1.75. The molecule has 1 aliphatic rings. The Balaban J connectivity index is 1.91. The molecule has 20 heavy (non-hydrogen) atoms. The molecule has 0 heterocycles. The van der Waals surface area contributed by atoms with E-state index >= 15 is 0 Å². The quantitative estimate of drug-likeness (QED) is 0.759. The number of hydrogen-bond acceptors (Lipinski definition) is 4. The van der Waals surface area contributed by atoms with Crippen LogP contribution in [-0.4, -0.2) is 31.3 Å².